The molecule has 1 saturated heterocycles. The van der Waals surface area contributed by atoms with Gasteiger partial charge in [-0.1, -0.05) is 19.3 Å². The smallest absolute Gasteiger partial charge is 0.228 e. The van der Waals surface area contributed by atoms with Crippen LogP contribution in [0.2, 0.25) is 0 Å². The van der Waals surface area contributed by atoms with E-state index in [2.05, 4.69) is 5.32 Å². The van der Waals surface area contributed by atoms with Crippen LogP contribution < -0.4 is 5.32 Å². The maximum Gasteiger partial charge on any atom is 0.228 e. The Kier molecular flexibility index (Phi) is 3.71. The molecule has 0 atom stereocenters. The zero-order chi connectivity index (χ0) is 12.4. The minimum Gasteiger partial charge on any atom is -0.314 e. The number of hydrogen-bond donors (Lipinski definition) is 1. The van der Waals surface area contributed by atoms with Crippen molar-refractivity contribution in [2.45, 2.75) is 37.6 Å². The first-order valence-electron chi connectivity index (χ1n) is 6.19. The van der Waals surface area contributed by atoms with E-state index in [0.717, 1.165) is 32.2 Å². The van der Waals surface area contributed by atoms with Crippen LogP contribution in [-0.4, -0.2) is 43.6 Å². The topological polar surface area (TPSA) is 73.2 Å². The summed E-state index contributed by atoms with van der Waals surface area (Å²) >= 11 is 0. The lowest BCUT2D eigenvalue weighted by Crippen LogP contribution is -2.63. The van der Waals surface area contributed by atoms with Gasteiger partial charge in [-0.05, 0) is 12.8 Å². The normalized spacial score (nSPS) is 25.6. The molecule has 1 aliphatic carbocycles. The molecule has 0 radical (unpaired) electrons. The van der Waals surface area contributed by atoms with Gasteiger partial charge in [0.25, 0.3) is 0 Å². The summed E-state index contributed by atoms with van der Waals surface area (Å²) in [5, 5.41) is 11.9. The van der Waals surface area contributed by atoms with E-state index in [9.17, 15) is 8.42 Å². The Morgan fingerprint density at radius 2 is 2.00 bits per heavy atom. The number of nitrogens with zero attached hydrogens (tertiary/aromatic N) is 2. The predicted octanol–water partition coefficient (Wildman–Crippen LogP) is 0.448. The van der Waals surface area contributed by atoms with Crippen LogP contribution in [0.4, 0.5) is 0 Å². The van der Waals surface area contributed by atoms with Gasteiger partial charge in [0.1, 0.15) is 0 Å². The summed E-state index contributed by atoms with van der Waals surface area (Å²) in [6.45, 7) is 1.92. The number of nitrogens with one attached hydrogen (secondary N) is 1. The molecule has 0 unspecified atom stereocenters. The van der Waals surface area contributed by atoms with E-state index in [1.807, 2.05) is 0 Å². The summed E-state index contributed by atoms with van der Waals surface area (Å²) in [6.07, 6.45) is 5.20. The van der Waals surface area contributed by atoms with E-state index in [1.54, 1.807) is 10.4 Å². The van der Waals surface area contributed by atoms with E-state index in [-0.39, 0.29) is 5.54 Å². The average Bonchev–Trinajstić information content (AvgIpc) is 2.30. The Labute approximate surface area is 103 Å². The molecule has 0 amide bonds. The Morgan fingerprint density at radius 1 is 1.29 bits per heavy atom. The van der Waals surface area contributed by atoms with Gasteiger partial charge in [0.05, 0.1) is 6.07 Å². The third-order valence-electron chi connectivity index (χ3n) is 3.84. The van der Waals surface area contributed by atoms with Crippen LogP contribution in [0.25, 0.3) is 0 Å². The third kappa shape index (κ3) is 2.46. The fourth-order valence-corrected chi connectivity index (χ4v) is 4.58. The summed E-state index contributed by atoms with van der Waals surface area (Å²) in [7, 11) is -3.41. The molecule has 2 fully saturated rings. The molecule has 0 aromatic carbocycles. The SMILES string of the molecule is N#CCS(=O)(=O)N1CCNCC12CCCCC2. The van der Waals surface area contributed by atoms with Crippen LogP contribution in [0.5, 0.6) is 0 Å². The fraction of sp³-hybridized carbons (Fsp3) is 0.909. The van der Waals surface area contributed by atoms with Crippen molar-refractivity contribution in [1.82, 2.24) is 9.62 Å². The fourth-order valence-electron chi connectivity index (χ4n) is 3.06. The lowest BCUT2D eigenvalue weighted by Gasteiger charge is -2.48. The molecule has 0 bridgehead atoms. The Hall–Kier alpha value is -0.640. The van der Waals surface area contributed by atoms with Crippen LogP contribution in [0.15, 0.2) is 0 Å². The summed E-state index contributed by atoms with van der Waals surface area (Å²) in [6, 6.07) is 1.78. The molecule has 1 heterocycles. The third-order valence-corrected chi connectivity index (χ3v) is 5.58. The highest BCUT2D eigenvalue weighted by Gasteiger charge is 2.45. The van der Waals surface area contributed by atoms with Gasteiger partial charge in [-0.3, -0.25) is 0 Å². The molecular weight excluding hydrogens is 238 g/mol. The van der Waals surface area contributed by atoms with Crippen molar-refractivity contribution < 1.29 is 8.42 Å². The lowest BCUT2D eigenvalue weighted by atomic mass is 9.80. The van der Waals surface area contributed by atoms with Crippen molar-refractivity contribution in [3.63, 3.8) is 0 Å². The van der Waals surface area contributed by atoms with Gasteiger partial charge in [0.2, 0.25) is 10.0 Å². The Balaban J connectivity index is 2.26. The molecule has 1 saturated carbocycles. The van der Waals surface area contributed by atoms with Crippen LogP contribution in [0.1, 0.15) is 32.1 Å². The lowest BCUT2D eigenvalue weighted by molar-refractivity contribution is 0.101. The average molecular weight is 257 g/mol. The molecule has 5 nitrogen and oxygen atoms in total. The van der Waals surface area contributed by atoms with Crippen molar-refractivity contribution in [2.75, 3.05) is 25.4 Å². The first-order chi connectivity index (χ1) is 8.11. The van der Waals surface area contributed by atoms with Crippen LogP contribution in [0, 0.1) is 11.3 Å². The number of rotatable bonds is 2. The number of nitriles is 1. The highest BCUT2D eigenvalue weighted by atomic mass is 32.2. The maximum absolute atomic E-state index is 12.1. The predicted molar refractivity (Wildman–Crippen MR) is 64.8 cm³/mol. The van der Waals surface area contributed by atoms with E-state index < -0.39 is 15.8 Å². The van der Waals surface area contributed by atoms with E-state index in [4.69, 9.17) is 5.26 Å². The molecule has 17 heavy (non-hydrogen) atoms. The van der Waals surface area contributed by atoms with Gasteiger partial charge in [0, 0.05) is 25.2 Å². The van der Waals surface area contributed by atoms with E-state index in [0.29, 0.717) is 13.1 Å². The second-order valence-electron chi connectivity index (χ2n) is 4.95. The minimum absolute atomic E-state index is 0.258. The highest BCUT2D eigenvalue weighted by molar-refractivity contribution is 7.89. The molecule has 1 aliphatic heterocycles. The maximum atomic E-state index is 12.1. The number of sulfonamides is 1. The van der Waals surface area contributed by atoms with Gasteiger partial charge >= 0.3 is 0 Å². The molecule has 1 spiro atoms. The number of piperazine rings is 1. The quantitative estimate of drug-likeness (QED) is 0.779. The van der Waals surface area contributed by atoms with Crippen molar-refractivity contribution >= 4 is 10.0 Å². The monoisotopic (exact) mass is 257 g/mol. The molecule has 96 valence electrons. The Bertz CT molecular complexity index is 399. The Morgan fingerprint density at radius 3 is 2.65 bits per heavy atom. The van der Waals surface area contributed by atoms with Crippen LogP contribution in [0.3, 0.4) is 0 Å². The second-order valence-corrected chi connectivity index (χ2v) is 6.84. The minimum atomic E-state index is -3.41. The summed E-state index contributed by atoms with van der Waals surface area (Å²) < 4.78 is 25.9. The molecule has 6 heteroatoms. The molecule has 0 aromatic rings. The first kappa shape index (κ1) is 12.8. The van der Waals surface area contributed by atoms with Gasteiger partial charge in [0.15, 0.2) is 5.75 Å². The standard InChI is InChI=1S/C11H19N3O2S/c12-6-9-17(15,16)14-8-7-13-10-11(14)4-2-1-3-5-11/h13H,1-5,7-10H2. The van der Waals surface area contributed by atoms with Crippen molar-refractivity contribution in [3.05, 3.63) is 0 Å². The van der Waals surface area contributed by atoms with E-state index in [1.165, 1.54) is 6.42 Å². The van der Waals surface area contributed by atoms with Crippen molar-refractivity contribution in [2.24, 2.45) is 0 Å². The zero-order valence-electron chi connectivity index (χ0n) is 9.98. The second kappa shape index (κ2) is 4.92. The molecule has 2 aliphatic rings. The van der Waals surface area contributed by atoms with E-state index >= 15 is 0 Å². The van der Waals surface area contributed by atoms with Gasteiger partial charge in [-0.15, -0.1) is 0 Å². The molecule has 0 aromatic heterocycles. The van der Waals surface area contributed by atoms with Gasteiger partial charge < -0.3 is 5.32 Å². The molecular formula is C11H19N3O2S. The van der Waals surface area contributed by atoms with Crippen molar-refractivity contribution in [3.8, 4) is 6.07 Å². The first-order valence-corrected chi connectivity index (χ1v) is 7.80. The highest BCUT2D eigenvalue weighted by Crippen LogP contribution is 2.36. The van der Waals surface area contributed by atoms with Gasteiger partial charge in [-0.2, -0.15) is 9.57 Å². The van der Waals surface area contributed by atoms with Gasteiger partial charge in [-0.25, -0.2) is 8.42 Å². The van der Waals surface area contributed by atoms with Crippen LogP contribution in [-0.2, 0) is 10.0 Å². The molecule has 2 rings (SSSR count). The summed E-state index contributed by atoms with van der Waals surface area (Å²) in [5.74, 6) is -0.394. The zero-order valence-corrected chi connectivity index (χ0v) is 10.8. The summed E-state index contributed by atoms with van der Waals surface area (Å²) in [5.41, 5.74) is -0.258. The number of hydrogen-bond acceptors (Lipinski definition) is 4. The molecule has 1 N–H and O–H groups in total. The summed E-state index contributed by atoms with van der Waals surface area (Å²) in [4.78, 5) is 0. The van der Waals surface area contributed by atoms with Crippen molar-refractivity contribution in [1.29, 1.82) is 5.26 Å². The van der Waals surface area contributed by atoms with Crippen LogP contribution >= 0.6 is 0 Å². The largest absolute Gasteiger partial charge is 0.314 e.